The van der Waals surface area contributed by atoms with E-state index in [1.165, 1.54) is 0 Å². The highest BCUT2D eigenvalue weighted by Gasteiger charge is 2.35. The molecule has 25 heavy (non-hydrogen) atoms. The Labute approximate surface area is 146 Å². The van der Waals surface area contributed by atoms with Crippen molar-refractivity contribution in [2.24, 2.45) is 5.92 Å². The van der Waals surface area contributed by atoms with Crippen LogP contribution in [0.5, 0.6) is 11.7 Å². The lowest BCUT2D eigenvalue weighted by Crippen LogP contribution is -2.57. The summed E-state index contributed by atoms with van der Waals surface area (Å²) in [6.45, 7) is 3.19. The van der Waals surface area contributed by atoms with Crippen LogP contribution in [0.4, 0.5) is 4.79 Å². The van der Waals surface area contributed by atoms with Crippen molar-refractivity contribution in [2.45, 2.75) is 18.9 Å². The quantitative estimate of drug-likeness (QED) is 0.925. The average Bonchev–Trinajstić information content (AvgIpc) is 3.11. The van der Waals surface area contributed by atoms with Crippen LogP contribution < -0.4 is 14.8 Å². The first-order valence-electron chi connectivity index (χ1n) is 8.66. The molecule has 0 saturated carbocycles. The van der Waals surface area contributed by atoms with Crippen LogP contribution in [0, 0.1) is 5.92 Å². The minimum atomic E-state index is -0.453. The highest BCUT2D eigenvalue weighted by molar-refractivity contribution is 5.70. The van der Waals surface area contributed by atoms with Crippen LogP contribution in [0.3, 0.4) is 0 Å². The van der Waals surface area contributed by atoms with Crippen molar-refractivity contribution in [1.29, 1.82) is 0 Å². The first-order valence-corrected chi connectivity index (χ1v) is 8.66. The van der Waals surface area contributed by atoms with E-state index in [2.05, 4.69) is 10.2 Å². The maximum atomic E-state index is 12.2. The molecule has 1 atom stereocenters. The Morgan fingerprint density at radius 2 is 2.08 bits per heavy atom. The van der Waals surface area contributed by atoms with Crippen LogP contribution in [0.25, 0.3) is 11.3 Å². The summed E-state index contributed by atoms with van der Waals surface area (Å²) in [6.07, 6.45) is 1.84. The van der Waals surface area contributed by atoms with E-state index < -0.39 is 6.09 Å². The molecular weight excluding hydrogens is 320 g/mol. The van der Waals surface area contributed by atoms with Gasteiger partial charge in [0.05, 0.1) is 7.11 Å². The molecule has 3 fully saturated rings. The van der Waals surface area contributed by atoms with Crippen molar-refractivity contribution in [3.8, 4) is 23.0 Å². The third-order valence-corrected chi connectivity index (χ3v) is 5.09. The second-order valence-electron chi connectivity index (χ2n) is 6.63. The van der Waals surface area contributed by atoms with Crippen LogP contribution in [-0.4, -0.2) is 43.8 Å². The van der Waals surface area contributed by atoms with Gasteiger partial charge in [-0.15, -0.1) is 0 Å². The Morgan fingerprint density at radius 3 is 2.80 bits per heavy atom. The molecule has 3 aliphatic rings. The molecule has 1 aromatic carbocycles. The fraction of sp³-hybridized carbons (Fsp3) is 0.421. The van der Waals surface area contributed by atoms with Crippen molar-refractivity contribution >= 4 is 6.09 Å². The summed E-state index contributed by atoms with van der Waals surface area (Å²) in [6, 6.07) is 11.1. The number of benzene rings is 1. The molecule has 6 nitrogen and oxygen atoms in total. The van der Waals surface area contributed by atoms with E-state index in [0.29, 0.717) is 11.7 Å². The number of fused-ring (bicyclic) bond motifs is 3. The molecule has 2 bridgehead atoms. The van der Waals surface area contributed by atoms with Gasteiger partial charge in [0.15, 0.2) is 0 Å². The lowest BCUT2D eigenvalue weighted by Gasteiger charge is -2.44. The van der Waals surface area contributed by atoms with E-state index in [1.54, 1.807) is 19.2 Å². The summed E-state index contributed by atoms with van der Waals surface area (Å²) in [5.41, 5.74) is 0.868. The van der Waals surface area contributed by atoms with E-state index in [1.807, 2.05) is 24.3 Å². The lowest BCUT2D eigenvalue weighted by atomic mass is 9.84. The van der Waals surface area contributed by atoms with Gasteiger partial charge in [-0.25, -0.2) is 4.79 Å². The van der Waals surface area contributed by atoms with Crippen LogP contribution in [0.2, 0.25) is 0 Å². The number of hydrogen-bond donors (Lipinski definition) is 1. The molecule has 5 rings (SSSR count). The zero-order valence-corrected chi connectivity index (χ0v) is 14.2. The van der Waals surface area contributed by atoms with Crippen LogP contribution in [-0.2, 0) is 0 Å². The largest absolute Gasteiger partial charge is 0.497 e. The molecule has 0 spiro atoms. The molecule has 0 radical (unpaired) electrons. The predicted molar refractivity (Wildman–Crippen MR) is 92.8 cm³/mol. The van der Waals surface area contributed by atoms with Crippen molar-refractivity contribution in [3.05, 3.63) is 36.4 Å². The number of nitrogens with zero attached hydrogens (tertiary/aromatic N) is 1. The maximum Gasteiger partial charge on any atom is 0.415 e. The number of hydrogen-bond acceptors (Lipinski definition) is 5. The highest BCUT2D eigenvalue weighted by atomic mass is 16.6. The zero-order chi connectivity index (χ0) is 17.2. The molecule has 1 amide bonds. The number of piperidine rings is 3. The van der Waals surface area contributed by atoms with E-state index in [4.69, 9.17) is 13.9 Å². The molecule has 132 valence electrons. The third-order valence-electron chi connectivity index (χ3n) is 5.09. The summed E-state index contributed by atoms with van der Waals surface area (Å²) in [5, 5.41) is 2.98. The van der Waals surface area contributed by atoms with Gasteiger partial charge >= 0.3 is 6.09 Å². The Bertz CT molecular complexity index is 749. The second kappa shape index (κ2) is 6.80. The minimum Gasteiger partial charge on any atom is -0.497 e. The molecule has 0 aliphatic carbocycles. The smallest absolute Gasteiger partial charge is 0.415 e. The highest BCUT2D eigenvalue weighted by Crippen LogP contribution is 2.30. The van der Waals surface area contributed by atoms with Gasteiger partial charge in [0.1, 0.15) is 11.5 Å². The Morgan fingerprint density at radius 1 is 1.24 bits per heavy atom. The van der Waals surface area contributed by atoms with E-state index in [0.717, 1.165) is 43.8 Å². The maximum absolute atomic E-state index is 12.2. The standard InChI is InChI=1S/C19H22N2O4/c1-23-15-4-2-3-14(11-15)17-5-6-18(24-17)25-19(22)20-16-12-21-9-7-13(16)8-10-21/h2-6,11,13,16H,7-10,12H2,1H3,(H,20,22)/t16-/m0/s1. The van der Waals surface area contributed by atoms with Gasteiger partial charge in [0, 0.05) is 24.2 Å². The molecule has 3 saturated heterocycles. The zero-order valence-electron chi connectivity index (χ0n) is 14.2. The number of nitrogens with one attached hydrogen (secondary N) is 1. The first-order chi connectivity index (χ1) is 12.2. The van der Waals surface area contributed by atoms with Crippen LogP contribution in [0.1, 0.15) is 12.8 Å². The number of ether oxygens (including phenoxy) is 2. The van der Waals surface area contributed by atoms with Crippen molar-refractivity contribution < 1.29 is 18.7 Å². The van der Waals surface area contributed by atoms with E-state index >= 15 is 0 Å². The molecule has 2 aromatic rings. The monoisotopic (exact) mass is 342 g/mol. The van der Waals surface area contributed by atoms with Crippen LogP contribution in [0.15, 0.2) is 40.8 Å². The summed E-state index contributed by atoms with van der Waals surface area (Å²) in [4.78, 5) is 14.6. The molecule has 4 heterocycles. The fourth-order valence-electron chi connectivity index (χ4n) is 3.71. The Balaban J connectivity index is 1.38. The Kier molecular flexibility index (Phi) is 4.36. The second-order valence-corrected chi connectivity index (χ2v) is 6.63. The topological polar surface area (TPSA) is 63.9 Å². The van der Waals surface area contributed by atoms with E-state index in [9.17, 15) is 4.79 Å². The van der Waals surface area contributed by atoms with Crippen molar-refractivity contribution in [2.75, 3.05) is 26.7 Å². The molecule has 1 N–H and O–H groups in total. The van der Waals surface area contributed by atoms with Gasteiger partial charge < -0.3 is 24.1 Å². The summed E-state index contributed by atoms with van der Waals surface area (Å²) < 4.78 is 16.2. The summed E-state index contributed by atoms with van der Waals surface area (Å²) in [7, 11) is 1.62. The minimum absolute atomic E-state index is 0.169. The number of methoxy groups -OCH3 is 1. The van der Waals surface area contributed by atoms with Gasteiger partial charge in [-0.1, -0.05) is 12.1 Å². The molecular formula is C19H22N2O4. The first kappa shape index (κ1) is 16.0. The number of furan rings is 1. The summed E-state index contributed by atoms with van der Waals surface area (Å²) in [5.74, 6) is 2.12. The molecule has 1 aromatic heterocycles. The predicted octanol–water partition coefficient (Wildman–Crippen LogP) is 3.14. The van der Waals surface area contributed by atoms with Crippen molar-refractivity contribution in [3.63, 3.8) is 0 Å². The average molecular weight is 342 g/mol. The van der Waals surface area contributed by atoms with Gasteiger partial charge in [0.2, 0.25) is 0 Å². The third kappa shape index (κ3) is 3.49. The number of amides is 1. The normalized spacial score (nSPS) is 24.8. The van der Waals surface area contributed by atoms with Crippen molar-refractivity contribution in [1.82, 2.24) is 10.2 Å². The number of carbonyl (C=O) groups excluding carboxylic acids is 1. The molecule has 6 heteroatoms. The van der Waals surface area contributed by atoms with Gasteiger partial charge in [0.25, 0.3) is 5.95 Å². The van der Waals surface area contributed by atoms with E-state index in [-0.39, 0.29) is 12.0 Å². The lowest BCUT2D eigenvalue weighted by molar-refractivity contribution is 0.0715. The number of rotatable bonds is 4. The molecule has 3 aliphatic heterocycles. The van der Waals surface area contributed by atoms with Gasteiger partial charge in [-0.3, -0.25) is 0 Å². The van der Waals surface area contributed by atoms with Gasteiger partial charge in [-0.2, -0.15) is 0 Å². The van der Waals surface area contributed by atoms with Gasteiger partial charge in [-0.05, 0) is 50.0 Å². The SMILES string of the molecule is COc1cccc(-c2ccc(OC(=O)N[C@H]3CN4CCC3CC4)o2)c1. The number of carbonyl (C=O) groups is 1. The van der Waals surface area contributed by atoms with Crippen LogP contribution >= 0.6 is 0 Å². The fourth-order valence-corrected chi connectivity index (χ4v) is 3.71. The Hall–Kier alpha value is -2.47. The molecule has 0 unspecified atom stereocenters. The summed E-state index contributed by atoms with van der Waals surface area (Å²) >= 11 is 0.